The summed E-state index contributed by atoms with van der Waals surface area (Å²) in [4.78, 5) is 12.6. The van der Waals surface area contributed by atoms with Gasteiger partial charge in [0.15, 0.2) is 17.7 Å². The lowest BCUT2D eigenvalue weighted by Gasteiger charge is -2.34. The molecular weight excluding hydrogens is 479 g/mol. The van der Waals surface area contributed by atoms with Gasteiger partial charge in [-0.2, -0.15) is 5.26 Å². The van der Waals surface area contributed by atoms with Gasteiger partial charge in [-0.25, -0.2) is 15.0 Å². The summed E-state index contributed by atoms with van der Waals surface area (Å²) in [5.74, 6) is 1.49. The first kappa shape index (κ1) is 22.2. The van der Waals surface area contributed by atoms with E-state index in [1.807, 2.05) is 18.2 Å². The summed E-state index contributed by atoms with van der Waals surface area (Å²) in [5.41, 5.74) is 9.10. The van der Waals surface area contributed by atoms with Crippen LogP contribution in [0.25, 0.3) is 11.2 Å². The molecule has 3 N–H and O–H groups in total. The van der Waals surface area contributed by atoms with Gasteiger partial charge in [0.05, 0.1) is 36.8 Å². The number of nitriles is 1. The number of aliphatic hydroxyl groups excluding tert-OH is 1. The number of ether oxygens (including phenoxy) is 2. The zero-order valence-corrected chi connectivity index (χ0v) is 19.3. The van der Waals surface area contributed by atoms with Crippen molar-refractivity contribution in [2.24, 2.45) is 0 Å². The lowest BCUT2D eigenvalue weighted by atomic mass is 9.69. The molecule has 0 aliphatic carbocycles. The molecule has 4 aromatic rings. The van der Waals surface area contributed by atoms with Crippen molar-refractivity contribution in [3.8, 4) is 17.6 Å². The van der Waals surface area contributed by atoms with Crippen molar-refractivity contribution in [2.45, 2.75) is 31.1 Å². The summed E-state index contributed by atoms with van der Waals surface area (Å²) in [5, 5.41) is 19.0. The number of nitrogens with zero attached hydrogens (tertiary/aromatic N) is 5. The third-order valence-electron chi connectivity index (χ3n) is 6.97. The minimum Gasteiger partial charge on any atom is -0.537 e. The highest BCUT2D eigenvalue weighted by Crippen LogP contribution is 2.44. The average molecular weight is 499 g/mol. The van der Waals surface area contributed by atoms with E-state index < -0.39 is 31.3 Å². The molecule has 0 saturated carbocycles. The van der Waals surface area contributed by atoms with Crippen LogP contribution >= 0.6 is 0 Å². The van der Waals surface area contributed by atoms with Crippen molar-refractivity contribution >= 4 is 29.2 Å². The van der Waals surface area contributed by atoms with Crippen LogP contribution in [0.1, 0.15) is 17.4 Å². The molecule has 2 unspecified atom stereocenters. The lowest BCUT2D eigenvalue weighted by molar-refractivity contribution is -0.0673. The second kappa shape index (κ2) is 8.24. The van der Waals surface area contributed by atoms with E-state index >= 15 is 0 Å². The third-order valence-corrected chi connectivity index (χ3v) is 6.97. The normalized spacial score (nSPS) is 27.9. The number of hydrogen-bond donors (Lipinski definition) is 2. The molecule has 2 aromatic carbocycles. The fourth-order valence-electron chi connectivity index (χ4n) is 5.25. The Hall–Kier alpha value is -4.06. The number of anilines is 1. The van der Waals surface area contributed by atoms with Crippen LogP contribution in [-0.2, 0) is 25.3 Å². The Labute approximate surface area is 210 Å². The van der Waals surface area contributed by atoms with Crippen LogP contribution in [0.5, 0.6) is 11.5 Å². The first-order valence-corrected chi connectivity index (χ1v) is 11.7. The molecular formula is C24H20BN6O6-. The fourth-order valence-corrected chi connectivity index (χ4v) is 5.25. The highest BCUT2D eigenvalue weighted by atomic mass is 16.8. The maximum Gasteiger partial charge on any atom is 0.410 e. The van der Waals surface area contributed by atoms with Gasteiger partial charge in [0.2, 0.25) is 0 Å². The molecule has 0 amide bonds. The van der Waals surface area contributed by atoms with E-state index in [0.717, 1.165) is 11.0 Å². The van der Waals surface area contributed by atoms with Gasteiger partial charge in [-0.05, 0) is 36.4 Å². The summed E-state index contributed by atoms with van der Waals surface area (Å²) >= 11 is 0. The molecule has 2 fully saturated rings. The monoisotopic (exact) mass is 499 g/mol. The second-order valence-electron chi connectivity index (χ2n) is 9.08. The van der Waals surface area contributed by atoms with E-state index in [9.17, 15) is 5.11 Å². The van der Waals surface area contributed by atoms with Crippen molar-refractivity contribution in [2.75, 3.05) is 12.3 Å². The first-order valence-electron chi connectivity index (χ1n) is 11.7. The fraction of sp³-hybridized carbons (Fsp3) is 0.250. The Morgan fingerprint density at radius 1 is 1.11 bits per heavy atom. The highest BCUT2D eigenvalue weighted by molar-refractivity contribution is 6.77. The van der Waals surface area contributed by atoms with Crippen molar-refractivity contribution in [3.05, 3.63) is 66.2 Å². The maximum absolute atomic E-state index is 10.0. The Morgan fingerprint density at radius 3 is 2.73 bits per heavy atom. The largest absolute Gasteiger partial charge is 0.537 e. The van der Waals surface area contributed by atoms with Gasteiger partial charge in [-0.3, -0.25) is 4.57 Å². The lowest BCUT2D eigenvalue weighted by Crippen LogP contribution is -2.51. The molecule has 12 nitrogen and oxygen atoms in total. The molecule has 3 aliphatic rings. The van der Waals surface area contributed by atoms with Crippen molar-refractivity contribution in [1.82, 2.24) is 19.5 Å². The third kappa shape index (κ3) is 3.39. The number of fused-ring (bicyclic) bond motifs is 4. The average Bonchev–Trinajstić information content (AvgIpc) is 3.67. The van der Waals surface area contributed by atoms with Crippen molar-refractivity contribution in [3.63, 3.8) is 0 Å². The first-order chi connectivity index (χ1) is 18.1. The van der Waals surface area contributed by atoms with E-state index in [0.29, 0.717) is 28.2 Å². The molecule has 37 heavy (non-hydrogen) atoms. The van der Waals surface area contributed by atoms with Crippen molar-refractivity contribution in [1.29, 1.82) is 5.26 Å². The molecule has 5 atom stereocenters. The molecule has 7 rings (SSSR count). The van der Waals surface area contributed by atoms with Crippen LogP contribution in [0.15, 0.2) is 55.1 Å². The summed E-state index contributed by atoms with van der Waals surface area (Å²) in [6.45, 7) is -2.26. The topological polar surface area (TPSA) is 160 Å². The van der Waals surface area contributed by atoms with Gasteiger partial charge >= 0.3 is 6.75 Å². The van der Waals surface area contributed by atoms with Crippen LogP contribution in [-0.4, -0.2) is 56.3 Å². The van der Waals surface area contributed by atoms with Crippen LogP contribution in [0, 0.1) is 11.3 Å². The standard InChI is InChI=1S/C24H20BN6O6/c26-8-13-1-3-15(4-2-13)34-16-5-6-17-14(7-16)10-33-25(17)36-20-18(9-32)35-24(21(20)37-25)31-12-30-19-22(27)28-11-29-23(19)31/h1-7,11-12,18,20-21,24,32H,9-10H2,(H2,27,28,29)/q-1/t18-,20+,21?,24-,25?/m1/s1. The van der Waals surface area contributed by atoms with E-state index in [2.05, 4.69) is 21.0 Å². The Kier molecular flexibility index (Phi) is 4.93. The predicted octanol–water partition coefficient (Wildman–Crippen LogP) is 1.12. The maximum atomic E-state index is 10.0. The second-order valence-corrected chi connectivity index (χ2v) is 9.08. The van der Waals surface area contributed by atoms with E-state index in [-0.39, 0.29) is 19.0 Å². The van der Waals surface area contributed by atoms with Crippen LogP contribution in [0.3, 0.4) is 0 Å². The number of aliphatic hydroxyl groups is 1. The number of hydrogen-bond acceptors (Lipinski definition) is 11. The van der Waals surface area contributed by atoms with E-state index in [1.54, 1.807) is 35.2 Å². The van der Waals surface area contributed by atoms with Crippen LogP contribution in [0.4, 0.5) is 5.82 Å². The van der Waals surface area contributed by atoms with Crippen LogP contribution in [0.2, 0.25) is 0 Å². The van der Waals surface area contributed by atoms with E-state index in [1.165, 1.54) is 6.33 Å². The molecule has 0 radical (unpaired) electrons. The molecule has 2 saturated heterocycles. The molecule has 13 heteroatoms. The highest BCUT2D eigenvalue weighted by Gasteiger charge is 2.57. The molecule has 1 spiro atoms. The number of imidazole rings is 1. The minimum absolute atomic E-state index is 0.258. The SMILES string of the molecule is N#Cc1ccc(Oc2ccc3c(c2)CO[B-]32OC3[C@@H](O2)[C@@H](CO)O[C@H]3n2cnc3c(N)ncnc32)cc1. The number of benzene rings is 2. The summed E-state index contributed by atoms with van der Waals surface area (Å²) < 4.78 is 32.8. The Bertz CT molecular complexity index is 1560. The summed E-state index contributed by atoms with van der Waals surface area (Å²) in [6.07, 6.45) is 0.443. The summed E-state index contributed by atoms with van der Waals surface area (Å²) in [6, 6.07) is 14.5. The summed E-state index contributed by atoms with van der Waals surface area (Å²) in [7, 11) is 0. The number of nitrogens with two attached hydrogens (primary N) is 1. The van der Waals surface area contributed by atoms with Gasteiger partial charge < -0.3 is 34.3 Å². The predicted molar refractivity (Wildman–Crippen MR) is 128 cm³/mol. The van der Waals surface area contributed by atoms with Gasteiger partial charge in [0, 0.05) is 6.61 Å². The molecule has 2 aromatic heterocycles. The number of nitrogen functional groups attached to an aromatic ring is 1. The Balaban J connectivity index is 1.18. The zero-order chi connectivity index (χ0) is 25.1. The minimum atomic E-state index is -2.27. The molecule has 3 aliphatic heterocycles. The van der Waals surface area contributed by atoms with E-state index in [4.69, 9.17) is 34.4 Å². The van der Waals surface area contributed by atoms with Gasteiger partial charge in [0.1, 0.15) is 29.4 Å². The van der Waals surface area contributed by atoms with Crippen molar-refractivity contribution < 1.29 is 28.5 Å². The Morgan fingerprint density at radius 2 is 1.92 bits per heavy atom. The molecule has 5 heterocycles. The van der Waals surface area contributed by atoms with Gasteiger partial charge in [-0.1, -0.05) is 11.6 Å². The number of rotatable bonds is 4. The molecule has 0 bridgehead atoms. The van der Waals surface area contributed by atoms with Gasteiger partial charge in [0.25, 0.3) is 0 Å². The smallest absolute Gasteiger partial charge is 0.410 e. The van der Waals surface area contributed by atoms with Crippen LogP contribution < -0.4 is 15.9 Å². The quantitative estimate of drug-likeness (QED) is 0.388. The number of aromatic nitrogens is 4. The molecule has 186 valence electrons. The van der Waals surface area contributed by atoms with Gasteiger partial charge in [-0.15, -0.1) is 5.46 Å². The zero-order valence-electron chi connectivity index (χ0n) is 19.3.